The fraction of sp³-hybridized carbons (Fsp3) is 0.308. The Morgan fingerprint density at radius 1 is 1.29 bits per heavy atom. The van der Waals surface area contributed by atoms with Gasteiger partial charge in [-0.25, -0.2) is 4.79 Å². The van der Waals surface area contributed by atoms with Crippen LogP contribution >= 0.6 is 0 Å². The Kier molecular flexibility index (Phi) is 5.53. The molecule has 1 aromatic carbocycles. The van der Waals surface area contributed by atoms with Crippen molar-refractivity contribution in [1.82, 2.24) is 0 Å². The second-order valence-electron chi connectivity index (χ2n) is 4.35. The van der Waals surface area contributed by atoms with Crippen molar-refractivity contribution in [3.05, 3.63) is 56.1 Å². The SMILES string of the molecule is C=C(C)C(=O)OCCCc1cc([N+](=O)[O-])ccc1[N+](=O)[O-]. The normalized spacial score (nSPS) is 9.95. The molecule has 8 nitrogen and oxygen atoms in total. The summed E-state index contributed by atoms with van der Waals surface area (Å²) >= 11 is 0. The molecule has 1 aromatic rings. The third kappa shape index (κ3) is 4.68. The number of benzene rings is 1. The van der Waals surface area contributed by atoms with Crippen LogP contribution in [0.25, 0.3) is 0 Å². The van der Waals surface area contributed by atoms with Gasteiger partial charge in [0.25, 0.3) is 11.4 Å². The van der Waals surface area contributed by atoms with Gasteiger partial charge in [-0.2, -0.15) is 0 Å². The van der Waals surface area contributed by atoms with E-state index in [-0.39, 0.29) is 35.5 Å². The minimum Gasteiger partial charge on any atom is -0.462 e. The number of carbonyl (C=O) groups is 1. The molecular weight excluding hydrogens is 280 g/mol. The van der Waals surface area contributed by atoms with Gasteiger partial charge in [-0.05, 0) is 19.8 Å². The summed E-state index contributed by atoms with van der Waals surface area (Å²) in [4.78, 5) is 31.5. The van der Waals surface area contributed by atoms with Crippen LogP contribution in [-0.4, -0.2) is 22.4 Å². The van der Waals surface area contributed by atoms with Crippen molar-refractivity contribution in [1.29, 1.82) is 0 Å². The molecule has 0 saturated carbocycles. The van der Waals surface area contributed by atoms with Gasteiger partial charge in [-0.3, -0.25) is 20.2 Å². The molecule has 0 aromatic heterocycles. The van der Waals surface area contributed by atoms with Gasteiger partial charge in [0.15, 0.2) is 0 Å². The standard InChI is InChI=1S/C13H14N2O6/c1-9(2)13(16)21-7-3-4-10-8-11(14(17)18)5-6-12(10)15(19)20/h5-6,8H,1,3-4,7H2,2H3. The summed E-state index contributed by atoms with van der Waals surface area (Å²) in [5, 5.41) is 21.6. The lowest BCUT2D eigenvalue weighted by molar-refractivity contribution is -0.389. The van der Waals surface area contributed by atoms with Crippen molar-refractivity contribution >= 4 is 17.3 Å². The summed E-state index contributed by atoms with van der Waals surface area (Å²) < 4.78 is 4.86. The number of hydrogen-bond donors (Lipinski definition) is 0. The van der Waals surface area contributed by atoms with Crippen molar-refractivity contribution < 1.29 is 19.4 Å². The maximum absolute atomic E-state index is 11.2. The van der Waals surface area contributed by atoms with E-state index < -0.39 is 15.8 Å². The predicted octanol–water partition coefficient (Wildman–Crippen LogP) is 2.55. The maximum Gasteiger partial charge on any atom is 0.333 e. The van der Waals surface area contributed by atoms with Gasteiger partial charge in [-0.15, -0.1) is 0 Å². The molecule has 0 bridgehead atoms. The highest BCUT2D eigenvalue weighted by Crippen LogP contribution is 2.25. The highest BCUT2D eigenvalue weighted by Gasteiger charge is 2.18. The number of nitro benzene ring substituents is 2. The van der Waals surface area contributed by atoms with E-state index >= 15 is 0 Å². The van der Waals surface area contributed by atoms with Crippen LogP contribution in [0.15, 0.2) is 30.4 Å². The number of esters is 1. The van der Waals surface area contributed by atoms with Crippen molar-refractivity contribution in [2.75, 3.05) is 6.61 Å². The molecule has 0 spiro atoms. The Hall–Kier alpha value is -2.77. The number of carbonyl (C=O) groups excluding carboxylic acids is 1. The zero-order chi connectivity index (χ0) is 16.0. The molecule has 0 aliphatic rings. The molecule has 112 valence electrons. The van der Waals surface area contributed by atoms with E-state index in [1.165, 1.54) is 13.0 Å². The van der Waals surface area contributed by atoms with Crippen molar-refractivity contribution in [3.63, 3.8) is 0 Å². The first-order valence-corrected chi connectivity index (χ1v) is 6.07. The van der Waals surface area contributed by atoms with E-state index in [0.717, 1.165) is 12.1 Å². The number of rotatable bonds is 7. The minimum absolute atomic E-state index is 0.0611. The second kappa shape index (κ2) is 7.13. The van der Waals surface area contributed by atoms with Crippen LogP contribution in [0.5, 0.6) is 0 Å². The molecule has 0 fully saturated rings. The summed E-state index contributed by atoms with van der Waals surface area (Å²) in [6, 6.07) is 3.36. The predicted molar refractivity (Wildman–Crippen MR) is 73.8 cm³/mol. The van der Waals surface area contributed by atoms with E-state index in [1.807, 2.05) is 0 Å². The van der Waals surface area contributed by atoms with Gasteiger partial charge < -0.3 is 4.74 Å². The zero-order valence-electron chi connectivity index (χ0n) is 11.4. The van der Waals surface area contributed by atoms with Crippen LogP contribution in [0.4, 0.5) is 11.4 Å². The summed E-state index contributed by atoms with van der Waals surface area (Å²) in [7, 11) is 0. The Morgan fingerprint density at radius 2 is 1.95 bits per heavy atom. The third-order valence-corrected chi connectivity index (χ3v) is 2.64. The van der Waals surface area contributed by atoms with Gasteiger partial charge in [0.1, 0.15) is 0 Å². The fourth-order valence-corrected chi connectivity index (χ4v) is 1.61. The molecule has 0 aliphatic heterocycles. The summed E-state index contributed by atoms with van der Waals surface area (Å²) in [6.07, 6.45) is 0.516. The topological polar surface area (TPSA) is 113 Å². The van der Waals surface area contributed by atoms with Gasteiger partial charge in [0.2, 0.25) is 0 Å². The average Bonchev–Trinajstić information content (AvgIpc) is 2.42. The van der Waals surface area contributed by atoms with Gasteiger partial charge in [0, 0.05) is 29.3 Å². The number of nitro groups is 2. The van der Waals surface area contributed by atoms with E-state index in [1.54, 1.807) is 0 Å². The van der Waals surface area contributed by atoms with Gasteiger partial charge >= 0.3 is 5.97 Å². The maximum atomic E-state index is 11.2. The Bertz CT molecular complexity index is 596. The summed E-state index contributed by atoms with van der Waals surface area (Å²) in [5.74, 6) is -0.538. The molecule has 21 heavy (non-hydrogen) atoms. The smallest absolute Gasteiger partial charge is 0.333 e. The van der Waals surface area contributed by atoms with Crippen molar-refractivity contribution in [2.24, 2.45) is 0 Å². The average molecular weight is 294 g/mol. The first-order chi connectivity index (χ1) is 9.82. The highest BCUT2D eigenvalue weighted by atomic mass is 16.6. The minimum atomic E-state index is -0.617. The zero-order valence-corrected chi connectivity index (χ0v) is 11.4. The number of ether oxygens (including phenoxy) is 1. The number of aryl methyl sites for hydroxylation is 1. The lowest BCUT2D eigenvalue weighted by Crippen LogP contribution is -2.07. The lowest BCUT2D eigenvalue weighted by Gasteiger charge is -2.05. The van der Waals surface area contributed by atoms with E-state index in [9.17, 15) is 25.0 Å². The quantitative estimate of drug-likeness (QED) is 0.251. The molecule has 0 unspecified atom stereocenters. The van der Waals surface area contributed by atoms with Crippen LogP contribution < -0.4 is 0 Å². The van der Waals surface area contributed by atoms with Crippen LogP contribution in [0, 0.1) is 20.2 Å². The van der Waals surface area contributed by atoms with E-state index in [0.29, 0.717) is 6.42 Å². The highest BCUT2D eigenvalue weighted by molar-refractivity contribution is 5.86. The Balaban J connectivity index is 2.74. The summed E-state index contributed by atoms with van der Waals surface area (Å²) in [6.45, 7) is 4.99. The molecule has 0 N–H and O–H groups in total. The molecule has 0 atom stereocenters. The third-order valence-electron chi connectivity index (χ3n) is 2.64. The first kappa shape index (κ1) is 16.3. The first-order valence-electron chi connectivity index (χ1n) is 6.07. The van der Waals surface area contributed by atoms with Crippen molar-refractivity contribution in [2.45, 2.75) is 19.8 Å². The number of hydrogen-bond acceptors (Lipinski definition) is 6. The monoisotopic (exact) mass is 294 g/mol. The Morgan fingerprint density at radius 3 is 2.48 bits per heavy atom. The van der Waals surface area contributed by atoms with E-state index in [4.69, 9.17) is 4.74 Å². The van der Waals surface area contributed by atoms with Crippen LogP contribution in [0.1, 0.15) is 18.9 Å². The molecule has 0 radical (unpaired) electrons. The van der Waals surface area contributed by atoms with Crippen LogP contribution in [0.2, 0.25) is 0 Å². The van der Waals surface area contributed by atoms with Crippen LogP contribution in [-0.2, 0) is 16.0 Å². The van der Waals surface area contributed by atoms with Crippen LogP contribution in [0.3, 0.4) is 0 Å². The molecule has 0 amide bonds. The molecule has 0 aliphatic carbocycles. The van der Waals surface area contributed by atoms with E-state index in [2.05, 4.69) is 6.58 Å². The largest absolute Gasteiger partial charge is 0.462 e. The molecule has 0 saturated heterocycles. The second-order valence-corrected chi connectivity index (χ2v) is 4.35. The number of nitrogens with zero attached hydrogens (tertiary/aromatic N) is 2. The van der Waals surface area contributed by atoms with Gasteiger partial charge in [0.05, 0.1) is 16.5 Å². The molecule has 0 heterocycles. The fourth-order valence-electron chi connectivity index (χ4n) is 1.61. The molecule has 8 heteroatoms. The van der Waals surface area contributed by atoms with Crippen molar-refractivity contribution in [3.8, 4) is 0 Å². The Labute approximate surface area is 120 Å². The molecule has 1 rings (SSSR count). The number of non-ortho nitro benzene ring substituents is 1. The lowest BCUT2D eigenvalue weighted by atomic mass is 10.1. The molecular formula is C13H14N2O6. The van der Waals surface area contributed by atoms with Gasteiger partial charge in [-0.1, -0.05) is 6.58 Å². The summed E-state index contributed by atoms with van der Waals surface area (Å²) in [5.41, 5.74) is 0.0956.